The number of nitrogens with two attached hydrogens (primary N) is 1. The van der Waals surface area contributed by atoms with Crippen LogP contribution in [0.3, 0.4) is 0 Å². The first-order valence-electron chi connectivity index (χ1n) is 5.74. The molecule has 0 fully saturated rings. The van der Waals surface area contributed by atoms with Gasteiger partial charge in [0.25, 0.3) is 0 Å². The molecule has 0 bridgehead atoms. The summed E-state index contributed by atoms with van der Waals surface area (Å²) in [5, 5.41) is 3.45. The minimum Gasteiger partial charge on any atom is -0.370 e. The van der Waals surface area contributed by atoms with Crippen LogP contribution in [0.25, 0.3) is 0 Å². The van der Waals surface area contributed by atoms with Gasteiger partial charge in [0.05, 0.1) is 0 Å². The topological polar surface area (TPSA) is 55.1 Å². The van der Waals surface area contributed by atoms with Gasteiger partial charge in [0.2, 0.25) is 5.91 Å². The summed E-state index contributed by atoms with van der Waals surface area (Å²) >= 11 is 11.8. The highest BCUT2D eigenvalue weighted by molar-refractivity contribution is 6.31. The second-order valence-electron chi connectivity index (χ2n) is 4.13. The Kier molecular flexibility index (Phi) is 4.47. The van der Waals surface area contributed by atoms with E-state index in [2.05, 4.69) is 5.32 Å². The zero-order valence-corrected chi connectivity index (χ0v) is 11.8. The highest BCUT2D eigenvalue weighted by Crippen LogP contribution is 2.29. The molecule has 1 amide bonds. The van der Waals surface area contributed by atoms with Crippen molar-refractivity contribution in [2.45, 2.75) is 6.04 Å². The molecule has 104 valence electrons. The number of nitrogens with one attached hydrogen (secondary N) is 1. The smallest absolute Gasteiger partial charge is 0.244 e. The van der Waals surface area contributed by atoms with Crippen LogP contribution in [0.2, 0.25) is 10.0 Å². The van der Waals surface area contributed by atoms with Gasteiger partial charge in [-0.25, -0.2) is 4.39 Å². The van der Waals surface area contributed by atoms with E-state index in [0.29, 0.717) is 10.7 Å². The van der Waals surface area contributed by atoms with Crippen LogP contribution in [0.4, 0.5) is 10.1 Å². The largest absolute Gasteiger partial charge is 0.370 e. The molecule has 0 spiro atoms. The molecule has 0 saturated heterocycles. The summed E-state index contributed by atoms with van der Waals surface area (Å²) in [6.07, 6.45) is 0. The van der Waals surface area contributed by atoms with Gasteiger partial charge in [0.1, 0.15) is 11.9 Å². The van der Waals surface area contributed by atoms with Crippen molar-refractivity contribution in [3.8, 4) is 0 Å². The normalized spacial score (nSPS) is 11.9. The molecular weight excluding hydrogens is 302 g/mol. The van der Waals surface area contributed by atoms with Gasteiger partial charge in [-0.05, 0) is 30.3 Å². The Morgan fingerprint density at radius 2 is 1.90 bits per heavy atom. The Balaban J connectivity index is 2.40. The lowest BCUT2D eigenvalue weighted by atomic mass is 10.0. The van der Waals surface area contributed by atoms with Crippen LogP contribution in [0, 0.1) is 5.82 Å². The highest BCUT2D eigenvalue weighted by Gasteiger charge is 2.24. The van der Waals surface area contributed by atoms with Crippen molar-refractivity contribution < 1.29 is 9.18 Å². The molecule has 3 N–H and O–H groups in total. The van der Waals surface area contributed by atoms with Crippen LogP contribution in [0.15, 0.2) is 42.5 Å². The standard InChI is InChI=1S/C14H11Cl2FN2O/c15-8-3-1-4-9(7-8)19-13(14(18)20)12-10(16)5-2-6-11(12)17/h1-7,13,19H,(H2,18,20). The van der Waals surface area contributed by atoms with Crippen LogP contribution >= 0.6 is 23.2 Å². The maximum absolute atomic E-state index is 13.9. The molecule has 0 aliphatic carbocycles. The Morgan fingerprint density at radius 1 is 1.20 bits per heavy atom. The molecule has 1 unspecified atom stereocenters. The van der Waals surface area contributed by atoms with Crippen LogP contribution in [0.1, 0.15) is 11.6 Å². The van der Waals surface area contributed by atoms with E-state index in [-0.39, 0.29) is 10.6 Å². The summed E-state index contributed by atoms with van der Waals surface area (Å²) in [6, 6.07) is 9.77. The van der Waals surface area contributed by atoms with Crippen molar-refractivity contribution in [2.75, 3.05) is 5.32 Å². The second kappa shape index (κ2) is 6.11. The number of amides is 1. The number of primary amides is 1. The third-order valence-electron chi connectivity index (χ3n) is 2.71. The van der Waals surface area contributed by atoms with E-state index in [4.69, 9.17) is 28.9 Å². The average molecular weight is 313 g/mol. The summed E-state index contributed by atoms with van der Waals surface area (Å²) < 4.78 is 13.9. The number of hydrogen-bond donors (Lipinski definition) is 2. The number of carbonyl (C=O) groups is 1. The average Bonchev–Trinajstić information content (AvgIpc) is 2.37. The summed E-state index contributed by atoms with van der Waals surface area (Å²) in [5.74, 6) is -1.34. The summed E-state index contributed by atoms with van der Waals surface area (Å²) in [7, 11) is 0. The van der Waals surface area contributed by atoms with E-state index in [0.717, 1.165) is 0 Å². The molecule has 6 heteroatoms. The fourth-order valence-corrected chi connectivity index (χ4v) is 2.28. The molecule has 0 heterocycles. The van der Waals surface area contributed by atoms with E-state index in [1.807, 2.05) is 0 Å². The third-order valence-corrected chi connectivity index (χ3v) is 3.27. The third kappa shape index (κ3) is 3.21. The molecule has 0 aromatic heterocycles. The lowest BCUT2D eigenvalue weighted by Gasteiger charge is -2.19. The minimum atomic E-state index is -1.08. The molecule has 0 radical (unpaired) electrons. The Bertz CT molecular complexity index is 629. The Labute approximate surface area is 125 Å². The molecule has 0 aliphatic heterocycles. The van der Waals surface area contributed by atoms with Crippen molar-refractivity contribution in [1.29, 1.82) is 0 Å². The number of hydrogen-bond acceptors (Lipinski definition) is 2. The number of carbonyl (C=O) groups excluding carboxylic acids is 1. The number of halogens is 3. The number of anilines is 1. The van der Waals surface area contributed by atoms with E-state index >= 15 is 0 Å². The monoisotopic (exact) mass is 312 g/mol. The van der Waals surface area contributed by atoms with Gasteiger partial charge in [-0.1, -0.05) is 35.3 Å². The number of benzene rings is 2. The van der Waals surface area contributed by atoms with E-state index in [1.54, 1.807) is 24.3 Å². The fraction of sp³-hybridized carbons (Fsp3) is 0.0714. The van der Waals surface area contributed by atoms with Crippen molar-refractivity contribution >= 4 is 34.8 Å². The second-order valence-corrected chi connectivity index (χ2v) is 4.97. The molecule has 20 heavy (non-hydrogen) atoms. The van der Waals surface area contributed by atoms with Crippen molar-refractivity contribution in [3.63, 3.8) is 0 Å². The van der Waals surface area contributed by atoms with Gasteiger partial charge in [0, 0.05) is 21.3 Å². The van der Waals surface area contributed by atoms with Gasteiger partial charge in [-0.2, -0.15) is 0 Å². The SMILES string of the molecule is NC(=O)C(Nc1cccc(Cl)c1)c1c(F)cccc1Cl. The van der Waals surface area contributed by atoms with E-state index < -0.39 is 17.8 Å². The molecule has 2 aromatic carbocycles. The van der Waals surface area contributed by atoms with Crippen LogP contribution in [0.5, 0.6) is 0 Å². The lowest BCUT2D eigenvalue weighted by molar-refractivity contribution is -0.118. The highest BCUT2D eigenvalue weighted by atomic mass is 35.5. The first-order valence-corrected chi connectivity index (χ1v) is 6.50. The Hall–Kier alpha value is -1.78. The first kappa shape index (κ1) is 14.6. The summed E-state index contributed by atoms with van der Waals surface area (Å²) in [5.41, 5.74) is 5.89. The maximum Gasteiger partial charge on any atom is 0.244 e. The lowest BCUT2D eigenvalue weighted by Crippen LogP contribution is -2.28. The molecular formula is C14H11Cl2FN2O. The van der Waals surface area contributed by atoms with Gasteiger partial charge < -0.3 is 11.1 Å². The predicted molar refractivity (Wildman–Crippen MR) is 78.4 cm³/mol. The van der Waals surface area contributed by atoms with Gasteiger partial charge in [0.15, 0.2) is 0 Å². The van der Waals surface area contributed by atoms with E-state index in [1.165, 1.54) is 18.2 Å². The summed E-state index contributed by atoms with van der Waals surface area (Å²) in [6.45, 7) is 0. The van der Waals surface area contributed by atoms with Gasteiger partial charge >= 0.3 is 0 Å². The minimum absolute atomic E-state index is 0.0154. The maximum atomic E-state index is 13.9. The van der Waals surface area contributed by atoms with Crippen LogP contribution in [-0.2, 0) is 4.79 Å². The number of rotatable bonds is 4. The summed E-state index contributed by atoms with van der Waals surface area (Å²) in [4.78, 5) is 11.6. The van der Waals surface area contributed by atoms with Crippen LogP contribution < -0.4 is 11.1 Å². The van der Waals surface area contributed by atoms with Crippen molar-refractivity contribution in [3.05, 3.63) is 63.9 Å². The molecule has 2 rings (SSSR count). The van der Waals surface area contributed by atoms with Gasteiger partial charge in [-0.3, -0.25) is 4.79 Å². The van der Waals surface area contributed by atoms with Crippen molar-refractivity contribution in [2.24, 2.45) is 5.73 Å². The van der Waals surface area contributed by atoms with Crippen LogP contribution in [-0.4, -0.2) is 5.91 Å². The molecule has 3 nitrogen and oxygen atoms in total. The van der Waals surface area contributed by atoms with Gasteiger partial charge in [-0.15, -0.1) is 0 Å². The molecule has 1 atom stereocenters. The van der Waals surface area contributed by atoms with E-state index in [9.17, 15) is 9.18 Å². The quantitative estimate of drug-likeness (QED) is 0.903. The molecule has 0 aliphatic rings. The van der Waals surface area contributed by atoms with Crippen molar-refractivity contribution in [1.82, 2.24) is 0 Å². The predicted octanol–water partition coefficient (Wildman–Crippen LogP) is 3.77. The molecule has 0 saturated carbocycles. The zero-order valence-electron chi connectivity index (χ0n) is 10.2. The zero-order chi connectivity index (χ0) is 14.7. The molecule has 2 aromatic rings. The Morgan fingerprint density at radius 3 is 2.50 bits per heavy atom. The fourth-order valence-electron chi connectivity index (χ4n) is 1.82. The first-order chi connectivity index (χ1) is 9.49.